The van der Waals surface area contributed by atoms with Crippen LogP contribution in [0.1, 0.15) is 30.5 Å². The molecule has 2 unspecified atom stereocenters. The molecule has 1 aromatic heterocycles. The molecule has 5 aromatic rings. The van der Waals surface area contributed by atoms with Crippen LogP contribution >= 0.6 is 0 Å². The minimum atomic E-state index is -0.743. The SMILES string of the molecule is COc1ccc2c(c1OC)C(CC1(C)C=Cc3c(c4ccccc4n(C)c3=O)O1)N(C)c1c-2ccc2cc3c(cc12)OCO3. The summed E-state index contributed by atoms with van der Waals surface area (Å²) in [5.74, 6) is 3.47. The number of aryl methyl sites for hydroxylation is 1. The summed E-state index contributed by atoms with van der Waals surface area (Å²) < 4.78 is 31.8. The van der Waals surface area contributed by atoms with Gasteiger partial charge in [0.25, 0.3) is 5.56 Å². The molecule has 4 aromatic carbocycles. The van der Waals surface area contributed by atoms with Crippen LogP contribution in [0.25, 0.3) is 38.9 Å². The number of methoxy groups -OCH3 is 2. The van der Waals surface area contributed by atoms with Gasteiger partial charge < -0.3 is 33.2 Å². The van der Waals surface area contributed by atoms with Crippen molar-refractivity contribution in [2.75, 3.05) is 33.0 Å². The lowest BCUT2D eigenvalue weighted by Crippen LogP contribution is -2.40. The highest BCUT2D eigenvalue weighted by Crippen LogP contribution is 2.55. The Bertz CT molecular complexity index is 2120. The standard InChI is InChI=1S/C36H32N2O6/c1-36(15-14-24-33(44-36)23-8-6-7-9-26(23)38(3)35(24)39)18-27-31-21(12-13-28(40-4)34(31)41-5)22-11-10-20-16-29-30(43-19-42-29)17-25(20)32(22)37(27)2/h6-17,27H,18-19H2,1-5H3. The largest absolute Gasteiger partial charge is 0.493 e. The molecule has 0 amide bonds. The van der Waals surface area contributed by atoms with E-state index in [1.165, 1.54) is 0 Å². The van der Waals surface area contributed by atoms with Crippen molar-refractivity contribution in [3.05, 3.63) is 88.2 Å². The predicted molar refractivity (Wildman–Crippen MR) is 172 cm³/mol. The molecule has 0 bridgehead atoms. The third kappa shape index (κ3) is 3.66. The lowest BCUT2D eigenvalue weighted by molar-refractivity contribution is 0.119. The highest BCUT2D eigenvalue weighted by molar-refractivity contribution is 6.05. The summed E-state index contributed by atoms with van der Waals surface area (Å²) >= 11 is 0. The Hall–Kier alpha value is -5.11. The second-order valence-corrected chi connectivity index (χ2v) is 11.9. The summed E-state index contributed by atoms with van der Waals surface area (Å²) in [5, 5.41) is 3.05. The number of para-hydroxylation sites is 1. The quantitative estimate of drug-likeness (QED) is 0.227. The van der Waals surface area contributed by atoms with Crippen LogP contribution in [0.2, 0.25) is 0 Å². The third-order valence-electron chi connectivity index (χ3n) is 9.34. The fourth-order valence-electron chi connectivity index (χ4n) is 7.17. The van der Waals surface area contributed by atoms with Gasteiger partial charge in [-0.25, -0.2) is 0 Å². The molecule has 8 heteroatoms. The maximum Gasteiger partial charge on any atom is 0.261 e. The Balaban J connectivity index is 1.31. The lowest BCUT2D eigenvalue weighted by Gasteiger charge is -2.43. The molecule has 222 valence electrons. The second-order valence-electron chi connectivity index (χ2n) is 11.9. The molecular weight excluding hydrogens is 556 g/mol. The van der Waals surface area contributed by atoms with E-state index in [1.54, 1.807) is 25.8 Å². The van der Waals surface area contributed by atoms with Gasteiger partial charge >= 0.3 is 0 Å². The zero-order chi connectivity index (χ0) is 30.3. The topological polar surface area (TPSA) is 71.4 Å². The van der Waals surface area contributed by atoms with E-state index in [1.807, 2.05) is 48.6 Å². The fraction of sp³-hybridized carbons (Fsp3) is 0.250. The molecule has 0 saturated heterocycles. The van der Waals surface area contributed by atoms with E-state index < -0.39 is 5.60 Å². The van der Waals surface area contributed by atoms with E-state index in [-0.39, 0.29) is 18.4 Å². The first-order chi connectivity index (χ1) is 21.3. The highest BCUT2D eigenvalue weighted by Gasteiger charge is 2.41. The number of hydrogen-bond acceptors (Lipinski definition) is 7. The van der Waals surface area contributed by atoms with Gasteiger partial charge in [-0.3, -0.25) is 4.79 Å². The van der Waals surface area contributed by atoms with Crippen molar-refractivity contribution in [1.29, 1.82) is 0 Å². The number of hydrogen-bond donors (Lipinski definition) is 0. The van der Waals surface area contributed by atoms with E-state index in [9.17, 15) is 4.79 Å². The van der Waals surface area contributed by atoms with Crippen LogP contribution in [0.4, 0.5) is 5.69 Å². The summed E-state index contributed by atoms with van der Waals surface area (Å²) in [6.07, 6.45) is 4.51. The molecule has 0 radical (unpaired) electrons. The zero-order valence-electron chi connectivity index (χ0n) is 25.3. The van der Waals surface area contributed by atoms with Crippen LogP contribution in [0.5, 0.6) is 28.7 Å². The van der Waals surface area contributed by atoms with Gasteiger partial charge in [0.1, 0.15) is 11.4 Å². The second kappa shape index (κ2) is 9.44. The minimum absolute atomic E-state index is 0.0809. The van der Waals surface area contributed by atoms with E-state index in [0.717, 1.165) is 55.6 Å². The molecule has 8 rings (SSSR count). The third-order valence-corrected chi connectivity index (χ3v) is 9.34. The van der Waals surface area contributed by atoms with Crippen LogP contribution in [0, 0.1) is 0 Å². The van der Waals surface area contributed by atoms with Gasteiger partial charge in [0.05, 0.1) is 37.0 Å². The van der Waals surface area contributed by atoms with Crippen molar-refractivity contribution in [2.24, 2.45) is 7.05 Å². The Morgan fingerprint density at radius 1 is 0.932 bits per heavy atom. The molecule has 3 aliphatic rings. The summed E-state index contributed by atoms with van der Waals surface area (Å²) in [6.45, 7) is 2.29. The van der Waals surface area contributed by atoms with Crippen molar-refractivity contribution in [3.8, 4) is 39.9 Å². The number of nitrogens with zero attached hydrogens (tertiary/aromatic N) is 2. The van der Waals surface area contributed by atoms with Crippen LogP contribution < -0.4 is 34.1 Å². The number of fused-ring (bicyclic) bond motifs is 9. The Morgan fingerprint density at radius 2 is 1.70 bits per heavy atom. The van der Waals surface area contributed by atoms with Crippen LogP contribution in [0.15, 0.2) is 71.5 Å². The van der Waals surface area contributed by atoms with Gasteiger partial charge in [-0.05, 0) is 66.4 Å². The van der Waals surface area contributed by atoms with Gasteiger partial charge in [0.2, 0.25) is 6.79 Å². The molecular formula is C36H32N2O6. The molecule has 0 aliphatic carbocycles. The van der Waals surface area contributed by atoms with Crippen molar-refractivity contribution in [1.82, 2.24) is 4.57 Å². The maximum atomic E-state index is 13.3. The van der Waals surface area contributed by atoms with Gasteiger partial charge in [-0.15, -0.1) is 0 Å². The monoisotopic (exact) mass is 588 g/mol. The summed E-state index contributed by atoms with van der Waals surface area (Å²) in [4.78, 5) is 15.6. The lowest BCUT2D eigenvalue weighted by atomic mass is 9.80. The molecule has 44 heavy (non-hydrogen) atoms. The average molecular weight is 589 g/mol. The first-order valence-corrected chi connectivity index (χ1v) is 14.7. The molecule has 3 aliphatic heterocycles. The van der Waals surface area contributed by atoms with Crippen molar-refractivity contribution >= 4 is 33.4 Å². The molecule has 0 N–H and O–H groups in total. The number of anilines is 1. The highest BCUT2D eigenvalue weighted by atomic mass is 16.7. The first kappa shape index (κ1) is 26.5. The Morgan fingerprint density at radius 3 is 2.50 bits per heavy atom. The Kier molecular flexibility index (Phi) is 5.69. The number of benzene rings is 4. The van der Waals surface area contributed by atoms with Gasteiger partial charge in [-0.1, -0.05) is 24.3 Å². The number of pyridine rings is 1. The number of ether oxygens (including phenoxy) is 5. The molecule has 0 saturated carbocycles. The van der Waals surface area contributed by atoms with Crippen molar-refractivity contribution < 1.29 is 23.7 Å². The van der Waals surface area contributed by atoms with E-state index in [2.05, 4.69) is 43.1 Å². The van der Waals surface area contributed by atoms with Crippen LogP contribution in [-0.4, -0.2) is 38.2 Å². The maximum absolute atomic E-state index is 13.3. The van der Waals surface area contributed by atoms with E-state index in [4.69, 9.17) is 23.7 Å². The average Bonchev–Trinajstić information content (AvgIpc) is 3.50. The summed E-state index contributed by atoms with van der Waals surface area (Å²) in [5.41, 5.74) is 4.86. The minimum Gasteiger partial charge on any atom is -0.493 e. The van der Waals surface area contributed by atoms with Crippen molar-refractivity contribution in [3.63, 3.8) is 0 Å². The van der Waals surface area contributed by atoms with E-state index >= 15 is 0 Å². The van der Waals surface area contributed by atoms with Gasteiger partial charge in [0.15, 0.2) is 23.0 Å². The predicted octanol–water partition coefficient (Wildman–Crippen LogP) is 6.85. The normalized spacial score (nSPS) is 19.4. The zero-order valence-corrected chi connectivity index (χ0v) is 25.3. The molecule has 0 spiro atoms. The first-order valence-electron chi connectivity index (χ1n) is 14.7. The number of rotatable bonds is 4. The summed E-state index contributed by atoms with van der Waals surface area (Å²) in [7, 11) is 7.26. The smallest absolute Gasteiger partial charge is 0.261 e. The van der Waals surface area contributed by atoms with Crippen LogP contribution in [-0.2, 0) is 7.05 Å². The van der Waals surface area contributed by atoms with Gasteiger partial charge in [-0.2, -0.15) is 0 Å². The molecule has 4 heterocycles. The van der Waals surface area contributed by atoms with Crippen LogP contribution in [0.3, 0.4) is 0 Å². The van der Waals surface area contributed by atoms with Gasteiger partial charge in [0, 0.05) is 42.4 Å². The van der Waals surface area contributed by atoms with Crippen molar-refractivity contribution in [2.45, 2.75) is 25.0 Å². The molecule has 8 nitrogen and oxygen atoms in total. The molecule has 0 fully saturated rings. The van der Waals surface area contributed by atoms with E-state index in [0.29, 0.717) is 29.2 Å². The molecule has 2 atom stereocenters. The summed E-state index contributed by atoms with van der Waals surface area (Å²) in [6, 6.07) is 20.2. The Labute approximate surface area is 254 Å². The fourth-order valence-corrected chi connectivity index (χ4v) is 7.17. The number of aromatic nitrogens is 1.